The molecule has 0 saturated heterocycles. The average molecular weight is 281 g/mol. The van der Waals surface area contributed by atoms with Gasteiger partial charge in [0.15, 0.2) is 5.69 Å². The van der Waals surface area contributed by atoms with Crippen LogP contribution in [0.25, 0.3) is 0 Å². The van der Waals surface area contributed by atoms with Crippen LogP contribution >= 0.6 is 0 Å². The molecular weight excluding hydrogens is 258 g/mol. The van der Waals surface area contributed by atoms with E-state index in [-0.39, 0.29) is 18.2 Å². The molecule has 0 bridgehead atoms. The molecule has 0 spiro atoms. The van der Waals surface area contributed by atoms with E-state index in [1.807, 2.05) is 18.7 Å². The van der Waals surface area contributed by atoms with Crippen molar-refractivity contribution in [2.45, 2.75) is 39.5 Å². The van der Waals surface area contributed by atoms with Crippen LogP contribution in [-0.2, 0) is 0 Å². The summed E-state index contributed by atoms with van der Waals surface area (Å²) in [5.41, 5.74) is 0.484. The van der Waals surface area contributed by atoms with Gasteiger partial charge in [-0.1, -0.05) is 27.2 Å². The van der Waals surface area contributed by atoms with Gasteiger partial charge in [-0.25, -0.2) is 14.8 Å². The lowest BCUT2D eigenvalue weighted by Crippen LogP contribution is -2.30. The Morgan fingerprint density at radius 1 is 1.40 bits per heavy atom. The molecule has 0 aliphatic carbocycles. The first-order chi connectivity index (χ1) is 9.51. The Hall–Kier alpha value is -1.69. The third-order valence-electron chi connectivity index (χ3n) is 3.00. The van der Waals surface area contributed by atoms with Gasteiger partial charge < -0.3 is 15.1 Å². The van der Waals surface area contributed by atoms with E-state index in [2.05, 4.69) is 16.9 Å². The first kappa shape index (κ1) is 16.4. The van der Waals surface area contributed by atoms with Crippen molar-refractivity contribution in [1.82, 2.24) is 9.97 Å². The van der Waals surface area contributed by atoms with Crippen LogP contribution in [0.5, 0.6) is 0 Å². The minimum absolute atomic E-state index is 0.00764. The normalized spacial score (nSPS) is 10.8. The van der Waals surface area contributed by atoms with E-state index < -0.39 is 5.97 Å². The highest BCUT2D eigenvalue weighted by atomic mass is 16.4. The topological polar surface area (TPSA) is 86.5 Å². The predicted molar refractivity (Wildman–Crippen MR) is 77.3 cm³/mol. The summed E-state index contributed by atoms with van der Waals surface area (Å²) >= 11 is 0. The number of aliphatic hydroxyl groups excluding tert-OH is 1. The summed E-state index contributed by atoms with van der Waals surface area (Å²) in [6.45, 7) is 6.93. The van der Waals surface area contributed by atoms with Gasteiger partial charge in [0.25, 0.3) is 0 Å². The van der Waals surface area contributed by atoms with E-state index in [4.69, 9.17) is 5.11 Å². The summed E-state index contributed by atoms with van der Waals surface area (Å²) in [5, 5.41) is 18.5. The molecule has 0 fully saturated rings. The van der Waals surface area contributed by atoms with Crippen molar-refractivity contribution < 1.29 is 15.0 Å². The number of hydrogen-bond acceptors (Lipinski definition) is 5. The van der Waals surface area contributed by atoms with Crippen molar-refractivity contribution in [3.8, 4) is 0 Å². The minimum atomic E-state index is -1.07. The van der Waals surface area contributed by atoms with E-state index >= 15 is 0 Å². The van der Waals surface area contributed by atoms with Gasteiger partial charge in [0, 0.05) is 19.0 Å². The Morgan fingerprint density at radius 3 is 2.60 bits per heavy atom. The summed E-state index contributed by atoms with van der Waals surface area (Å²) in [6, 6.07) is 0. The van der Waals surface area contributed by atoms with Crippen LogP contribution in [-0.4, -0.2) is 45.8 Å². The van der Waals surface area contributed by atoms with E-state index in [0.29, 0.717) is 24.6 Å². The summed E-state index contributed by atoms with van der Waals surface area (Å²) in [6.07, 6.45) is 3.47. The van der Waals surface area contributed by atoms with Crippen molar-refractivity contribution in [1.29, 1.82) is 0 Å². The molecule has 112 valence electrons. The molecule has 1 aromatic heterocycles. The number of rotatable bonds is 8. The molecule has 0 aromatic carbocycles. The lowest BCUT2D eigenvalue weighted by atomic mass is 10.2. The van der Waals surface area contributed by atoms with Crippen molar-refractivity contribution in [2.75, 3.05) is 24.6 Å². The predicted octanol–water partition coefficient (Wildman–Crippen LogP) is 1.90. The van der Waals surface area contributed by atoms with Gasteiger partial charge in [0.05, 0.1) is 18.5 Å². The lowest BCUT2D eigenvalue weighted by Gasteiger charge is -2.24. The Morgan fingerprint density at radius 2 is 2.10 bits per heavy atom. The molecule has 0 amide bonds. The molecule has 0 atom stereocenters. The highest BCUT2D eigenvalue weighted by Crippen LogP contribution is 2.21. The first-order valence-electron chi connectivity index (χ1n) is 6.97. The summed E-state index contributed by atoms with van der Waals surface area (Å²) in [4.78, 5) is 21.6. The largest absolute Gasteiger partial charge is 0.476 e. The standard InChI is InChI=1S/C14H23N3O3/c1-4-5-6-17(7-8-18)11-9-15-13(10(2)3)16-12(11)14(19)20/h9-10,18H,4-8H2,1-3H3,(H,19,20). The number of aromatic nitrogens is 2. The third kappa shape index (κ3) is 4.16. The maximum atomic E-state index is 11.4. The summed E-state index contributed by atoms with van der Waals surface area (Å²) < 4.78 is 0. The number of carbonyl (C=O) groups is 1. The molecule has 6 heteroatoms. The maximum Gasteiger partial charge on any atom is 0.356 e. The van der Waals surface area contributed by atoms with Gasteiger partial charge in [-0.3, -0.25) is 0 Å². The van der Waals surface area contributed by atoms with Crippen LogP contribution in [0.3, 0.4) is 0 Å². The molecule has 0 aliphatic rings. The number of hydrogen-bond donors (Lipinski definition) is 2. The molecule has 1 rings (SSSR count). The zero-order valence-corrected chi connectivity index (χ0v) is 12.3. The van der Waals surface area contributed by atoms with Crippen molar-refractivity contribution in [3.63, 3.8) is 0 Å². The lowest BCUT2D eigenvalue weighted by molar-refractivity contribution is 0.0690. The molecule has 0 aliphatic heterocycles. The van der Waals surface area contributed by atoms with Gasteiger partial charge in [-0.15, -0.1) is 0 Å². The Labute approximate surface area is 119 Å². The zero-order chi connectivity index (χ0) is 15.1. The second kappa shape index (κ2) is 7.79. The van der Waals surface area contributed by atoms with E-state index in [1.54, 1.807) is 6.20 Å². The number of aliphatic hydroxyl groups is 1. The van der Waals surface area contributed by atoms with Crippen LogP contribution in [0.4, 0.5) is 5.69 Å². The molecule has 0 unspecified atom stereocenters. The van der Waals surface area contributed by atoms with Gasteiger partial charge >= 0.3 is 5.97 Å². The minimum Gasteiger partial charge on any atom is -0.476 e. The Bertz CT molecular complexity index is 449. The molecule has 1 aromatic rings. The fraction of sp³-hybridized carbons (Fsp3) is 0.643. The monoisotopic (exact) mass is 281 g/mol. The van der Waals surface area contributed by atoms with E-state index in [0.717, 1.165) is 12.8 Å². The molecule has 20 heavy (non-hydrogen) atoms. The summed E-state index contributed by atoms with van der Waals surface area (Å²) in [5.74, 6) is -0.474. The first-order valence-corrected chi connectivity index (χ1v) is 6.97. The van der Waals surface area contributed by atoms with Crippen LogP contribution in [0.2, 0.25) is 0 Å². The van der Waals surface area contributed by atoms with Gasteiger partial charge in [-0.2, -0.15) is 0 Å². The molecule has 0 saturated carbocycles. The number of anilines is 1. The second-order valence-electron chi connectivity index (χ2n) is 4.99. The van der Waals surface area contributed by atoms with Crippen molar-refractivity contribution in [2.24, 2.45) is 0 Å². The molecule has 1 heterocycles. The van der Waals surface area contributed by atoms with Crippen LogP contribution < -0.4 is 4.90 Å². The fourth-order valence-corrected chi connectivity index (χ4v) is 1.88. The number of aromatic carboxylic acids is 1. The molecular formula is C14H23N3O3. The number of unbranched alkanes of at least 4 members (excludes halogenated alkanes) is 1. The van der Waals surface area contributed by atoms with Gasteiger partial charge in [0.2, 0.25) is 0 Å². The highest BCUT2D eigenvalue weighted by molar-refractivity contribution is 5.92. The van der Waals surface area contributed by atoms with Gasteiger partial charge in [0.1, 0.15) is 5.82 Å². The molecule has 0 radical (unpaired) electrons. The smallest absolute Gasteiger partial charge is 0.356 e. The fourth-order valence-electron chi connectivity index (χ4n) is 1.88. The molecule has 2 N–H and O–H groups in total. The van der Waals surface area contributed by atoms with Crippen LogP contribution in [0.15, 0.2) is 6.20 Å². The van der Waals surface area contributed by atoms with E-state index in [9.17, 15) is 9.90 Å². The Kier molecular flexibility index (Phi) is 6.38. The summed E-state index contributed by atoms with van der Waals surface area (Å²) in [7, 11) is 0. The van der Waals surface area contributed by atoms with Gasteiger partial charge in [-0.05, 0) is 6.42 Å². The second-order valence-corrected chi connectivity index (χ2v) is 4.99. The SMILES string of the molecule is CCCCN(CCO)c1cnc(C(C)C)nc1C(=O)O. The third-order valence-corrected chi connectivity index (χ3v) is 3.00. The van der Waals surface area contributed by atoms with Crippen molar-refractivity contribution in [3.05, 3.63) is 17.7 Å². The maximum absolute atomic E-state index is 11.4. The van der Waals surface area contributed by atoms with Crippen molar-refractivity contribution >= 4 is 11.7 Å². The highest BCUT2D eigenvalue weighted by Gasteiger charge is 2.19. The van der Waals surface area contributed by atoms with E-state index in [1.165, 1.54) is 0 Å². The molecule has 6 nitrogen and oxygen atoms in total. The van der Waals surface area contributed by atoms with Crippen LogP contribution in [0, 0.1) is 0 Å². The van der Waals surface area contributed by atoms with Crippen LogP contribution in [0.1, 0.15) is 55.8 Å². The number of carboxylic acids is 1. The number of nitrogens with zero attached hydrogens (tertiary/aromatic N) is 3. The quantitative estimate of drug-likeness (QED) is 0.756. The Balaban J connectivity index is 3.15. The number of carboxylic acid groups (broad SMARTS) is 1. The average Bonchev–Trinajstić information content (AvgIpc) is 2.42. The zero-order valence-electron chi connectivity index (χ0n) is 12.3.